The molecule has 0 aliphatic heterocycles. The molecule has 2 atom stereocenters. The van der Waals surface area contributed by atoms with Crippen LogP contribution >= 0.6 is 8.03 Å². The van der Waals surface area contributed by atoms with Crippen LogP contribution in [0, 0.1) is 0 Å². The zero-order valence-corrected chi connectivity index (χ0v) is 25.5. The number of hydrogen-bond acceptors (Lipinski definition) is 2. The predicted molar refractivity (Wildman–Crippen MR) is 155 cm³/mol. The van der Waals surface area contributed by atoms with Crippen LogP contribution in [-0.2, 0) is 4.57 Å². The molecule has 0 fully saturated rings. The van der Waals surface area contributed by atoms with Gasteiger partial charge in [-0.1, -0.05) is 127 Å². The van der Waals surface area contributed by atoms with E-state index in [1.165, 1.54) is 116 Å². The summed E-state index contributed by atoms with van der Waals surface area (Å²) >= 11 is 0. The Bertz CT molecular complexity index is 515. The summed E-state index contributed by atoms with van der Waals surface area (Å²) in [6, 6.07) is 0. The first-order valence-electron chi connectivity index (χ1n) is 15.4. The lowest BCUT2D eigenvalue weighted by Crippen LogP contribution is -2.55. The molecular formula is C31H63NO2P+. The van der Waals surface area contributed by atoms with E-state index in [9.17, 15) is 9.46 Å². The lowest BCUT2D eigenvalue weighted by Gasteiger charge is -2.39. The molecular weight excluding hydrogens is 449 g/mol. The van der Waals surface area contributed by atoms with E-state index >= 15 is 0 Å². The van der Waals surface area contributed by atoms with Crippen LogP contribution in [0.2, 0.25) is 0 Å². The molecule has 0 saturated heterocycles. The van der Waals surface area contributed by atoms with Gasteiger partial charge in [0.15, 0.2) is 0 Å². The zero-order chi connectivity index (χ0) is 26.3. The number of quaternary nitrogens is 1. The van der Waals surface area contributed by atoms with Gasteiger partial charge in [-0.25, -0.2) is 0 Å². The Morgan fingerprint density at radius 3 is 1.29 bits per heavy atom. The molecule has 0 spiro atoms. The van der Waals surface area contributed by atoms with Crippen molar-refractivity contribution >= 4 is 8.03 Å². The average Bonchev–Trinajstić information content (AvgIpc) is 2.80. The van der Waals surface area contributed by atoms with Crippen molar-refractivity contribution in [3.63, 3.8) is 0 Å². The Morgan fingerprint density at radius 1 is 0.571 bits per heavy atom. The smallest absolute Gasteiger partial charge is 0.376 e. The summed E-state index contributed by atoms with van der Waals surface area (Å²) in [5.74, 6) is 0. The van der Waals surface area contributed by atoms with Gasteiger partial charge in [0.05, 0.1) is 21.1 Å². The third-order valence-corrected chi connectivity index (χ3v) is 9.55. The Morgan fingerprint density at radius 2 is 0.943 bits per heavy atom. The van der Waals surface area contributed by atoms with Crippen LogP contribution in [0.3, 0.4) is 0 Å². The largest absolute Gasteiger partial charge is 0.590 e. The molecule has 0 aliphatic carbocycles. The van der Waals surface area contributed by atoms with Crippen molar-refractivity contribution in [2.75, 3.05) is 21.1 Å². The molecule has 0 heterocycles. The van der Waals surface area contributed by atoms with E-state index in [0.29, 0.717) is 4.48 Å². The Kier molecular flexibility index (Phi) is 22.8. The van der Waals surface area contributed by atoms with E-state index in [1.54, 1.807) is 0 Å². The quantitative estimate of drug-likeness (QED) is 0.0500. The minimum Gasteiger partial charge on any atom is -0.590 e. The van der Waals surface area contributed by atoms with Crippen molar-refractivity contribution in [3.8, 4) is 0 Å². The number of rotatable bonds is 26. The van der Waals surface area contributed by atoms with Crippen molar-refractivity contribution in [2.24, 2.45) is 0 Å². The molecule has 0 radical (unpaired) electrons. The topological polar surface area (TPSA) is 40.1 Å². The standard InChI is InChI=1S/C31H63NO2P/c1-6-8-9-10-11-12-13-14-15-16-17-18-19-20-21-22-23-24-25-26-27-28-30-31(29-7-2,35(33)34)32(3,4)5/h22-23H,6-21,24-30H2,1-5H3/q+1. The average molecular weight is 513 g/mol. The van der Waals surface area contributed by atoms with Gasteiger partial charge < -0.3 is 4.89 Å². The highest BCUT2D eigenvalue weighted by molar-refractivity contribution is 7.38. The molecule has 0 N–H and O–H groups in total. The summed E-state index contributed by atoms with van der Waals surface area (Å²) in [5.41, 5.74) is 0. The Hall–Kier alpha value is -0.240. The highest BCUT2D eigenvalue weighted by atomic mass is 31.1. The van der Waals surface area contributed by atoms with Gasteiger partial charge in [-0.3, -0.25) is 4.48 Å². The van der Waals surface area contributed by atoms with Crippen LogP contribution in [0.15, 0.2) is 12.2 Å². The van der Waals surface area contributed by atoms with Crippen LogP contribution in [0.4, 0.5) is 0 Å². The van der Waals surface area contributed by atoms with E-state index < -0.39 is 13.3 Å². The highest BCUT2D eigenvalue weighted by Gasteiger charge is 2.53. The van der Waals surface area contributed by atoms with Gasteiger partial charge in [-0.15, -0.1) is 0 Å². The maximum absolute atomic E-state index is 12.1. The first kappa shape index (κ1) is 34.8. The lowest BCUT2D eigenvalue weighted by molar-refractivity contribution is -0.910. The monoisotopic (exact) mass is 512 g/mol. The normalized spacial score (nSPS) is 14.5. The molecule has 0 amide bonds. The first-order chi connectivity index (χ1) is 16.8. The maximum Gasteiger partial charge on any atom is 0.376 e. The predicted octanol–water partition coefficient (Wildman–Crippen LogP) is 10.1. The number of unbranched alkanes of at least 4 members (excludes halogenated alkanes) is 18. The fourth-order valence-corrected chi connectivity index (χ4v) is 6.58. The summed E-state index contributed by atoms with van der Waals surface area (Å²) in [7, 11) is 3.67. The van der Waals surface area contributed by atoms with Crippen LogP contribution < -0.4 is 4.89 Å². The van der Waals surface area contributed by atoms with Crippen molar-refractivity contribution in [2.45, 2.75) is 167 Å². The third kappa shape index (κ3) is 17.8. The minimum atomic E-state index is -2.43. The van der Waals surface area contributed by atoms with Crippen LogP contribution in [0.1, 0.15) is 162 Å². The first-order valence-corrected chi connectivity index (χ1v) is 16.6. The van der Waals surface area contributed by atoms with Gasteiger partial charge >= 0.3 is 8.03 Å². The Balaban J connectivity index is 3.56. The molecule has 4 heteroatoms. The van der Waals surface area contributed by atoms with Gasteiger partial charge in [0.2, 0.25) is 0 Å². The molecule has 0 aromatic carbocycles. The molecule has 0 aromatic heterocycles. The van der Waals surface area contributed by atoms with Crippen molar-refractivity contribution in [1.82, 2.24) is 0 Å². The zero-order valence-electron chi connectivity index (χ0n) is 24.6. The number of hydrogen-bond donors (Lipinski definition) is 0. The second kappa shape index (κ2) is 22.9. The van der Waals surface area contributed by atoms with E-state index in [4.69, 9.17) is 0 Å². The highest BCUT2D eigenvalue weighted by Crippen LogP contribution is 2.45. The van der Waals surface area contributed by atoms with Crippen LogP contribution in [0.5, 0.6) is 0 Å². The molecule has 3 nitrogen and oxygen atoms in total. The molecule has 208 valence electrons. The van der Waals surface area contributed by atoms with Crippen molar-refractivity contribution in [3.05, 3.63) is 12.2 Å². The fourth-order valence-electron chi connectivity index (χ4n) is 5.34. The summed E-state index contributed by atoms with van der Waals surface area (Å²) in [6.45, 7) is 4.38. The fraction of sp³-hybridized carbons (Fsp3) is 0.935. The van der Waals surface area contributed by atoms with Gasteiger partial charge in [0.1, 0.15) is 0 Å². The van der Waals surface area contributed by atoms with E-state index in [0.717, 1.165) is 32.1 Å². The molecule has 0 saturated carbocycles. The second-order valence-electron chi connectivity index (χ2n) is 11.8. The molecule has 0 aliphatic rings. The van der Waals surface area contributed by atoms with Gasteiger partial charge in [0.25, 0.3) is 5.28 Å². The van der Waals surface area contributed by atoms with E-state index in [2.05, 4.69) is 26.0 Å². The second-order valence-corrected chi connectivity index (χ2v) is 13.2. The maximum atomic E-state index is 12.1. The molecule has 2 unspecified atom stereocenters. The van der Waals surface area contributed by atoms with Crippen molar-refractivity contribution < 1.29 is 13.9 Å². The minimum absolute atomic E-state index is 0.515. The lowest BCUT2D eigenvalue weighted by atomic mass is 9.99. The summed E-state index contributed by atoms with van der Waals surface area (Å²) in [4.78, 5) is 12.1. The summed E-state index contributed by atoms with van der Waals surface area (Å²) in [5, 5.41) is -0.600. The van der Waals surface area contributed by atoms with E-state index in [1.807, 2.05) is 21.1 Å². The summed E-state index contributed by atoms with van der Waals surface area (Å²) < 4.78 is 12.6. The van der Waals surface area contributed by atoms with Crippen molar-refractivity contribution in [1.29, 1.82) is 0 Å². The molecule has 0 aromatic rings. The molecule has 0 rings (SSSR count). The molecule has 35 heavy (non-hydrogen) atoms. The Labute approximate surface area is 222 Å². The van der Waals surface area contributed by atoms with Crippen LogP contribution in [-0.4, -0.2) is 30.9 Å². The van der Waals surface area contributed by atoms with Gasteiger partial charge in [0, 0.05) is 12.8 Å². The van der Waals surface area contributed by atoms with E-state index in [-0.39, 0.29) is 0 Å². The van der Waals surface area contributed by atoms with Crippen LogP contribution in [0.25, 0.3) is 0 Å². The number of allylic oxidation sites excluding steroid dienone is 2. The number of nitrogens with zero attached hydrogens (tertiary/aromatic N) is 1. The SMILES string of the molecule is CCCCCCCCCCCCCCCCC=CCCCCCCC(CCC)([P+](=O)[O-])[N+](C)(C)C. The van der Waals surface area contributed by atoms with Gasteiger partial charge in [-0.05, 0) is 38.5 Å². The summed E-state index contributed by atoms with van der Waals surface area (Å²) in [6.07, 6.45) is 34.1. The third-order valence-electron chi connectivity index (χ3n) is 7.83. The van der Waals surface area contributed by atoms with Gasteiger partial charge in [-0.2, -0.15) is 0 Å². The molecule has 0 bridgehead atoms.